The Labute approximate surface area is 200 Å². The van der Waals surface area contributed by atoms with Crippen molar-refractivity contribution >= 4 is 11.8 Å². The number of hydrogen-bond donors (Lipinski definition) is 1. The minimum Gasteiger partial charge on any atom is -0.365 e. The Hall–Kier alpha value is -2.78. The minimum atomic E-state index is -0.119. The highest BCUT2D eigenvalue weighted by molar-refractivity contribution is 5.93. The van der Waals surface area contributed by atoms with E-state index < -0.39 is 0 Å². The van der Waals surface area contributed by atoms with Crippen molar-refractivity contribution in [3.8, 4) is 0 Å². The van der Waals surface area contributed by atoms with Gasteiger partial charge in [0, 0.05) is 32.1 Å². The summed E-state index contributed by atoms with van der Waals surface area (Å²) in [5.74, 6) is -0.0373. The van der Waals surface area contributed by atoms with Gasteiger partial charge in [0.25, 0.3) is 5.91 Å². The van der Waals surface area contributed by atoms with E-state index in [1.807, 2.05) is 0 Å². The predicted octanol–water partition coefficient (Wildman–Crippen LogP) is 1.92. The highest BCUT2D eigenvalue weighted by Gasteiger charge is 2.33. The molecule has 0 radical (unpaired) electrons. The smallest absolute Gasteiger partial charge is 0.276 e. The van der Waals surface area contributed by atoms with Crippen LogP contribution in [0.15, 0.2) is 24.3 Å². The third kappa shape index (κ3) is 5.00. The number of ether oxygens (including phenoxy) is 1. The second-order valence-electron chi connectivity index (χ2n) is 9.68. The molecule has 2 saturated heterocycles. The van der Waals surface area contributed by atoms with E-state index in [1.165, 1.54) is 18.4 Å². The number of amides is 2. The maximum atomic E-state index is 13.2. The minimum absolute atomic E-state index is 0.0322. The first-order valence-electron chi connectivity index (χ1n) is 12.5. The van der Waals surface area contributed by atoms with E-state index in [0.29, 0.717) is 51.3 Å². The topological polar surface area (TPSA) is 92.6 Å². The highest BCUT2D eigenvalue weighted by Crippen LogP contribution is 2.28. The van der Waals surface area contributed by atoms with Crippen molar-refractivity contribution in [1.82, 2.24) is 30.1 Å². The van der Waals surface area contributed by atoms with Gasteiger partial charge in [0.15, 0.2) is 5.69 Å². The molecule has 0 aliphatic carbocycles. The molecule has 0 spiro atoms. The van der Waals surface area contributed by atoms with Crippen molar-refractivity contribution in [2.24, 2.45) is 5.92 Å². The van der Waals surface area contributed by atoms with Gasteiger partial charge in [-0.05, 0) is 51.3 Å². The summed E-state index contributed by atoms with van der Waals surface area (Å²) in [4.78, 5) is 29.9. The second kappa shape index (κ2) is 10.2. The Kier molecular flexibility index (Phi) is 6.92. The van der Waals surface area contributed by atoms with Gasteiger partial charge in [-0.25, -0.2) is 4.68 Å². The van der Waals surface area contributed by atoms with E-state index in [1.54, 1.807) is 9.58 Å². The van der Waals surface area contributed by atoms with Gasteiger partial charge in [0.2, 0.25) is 5.91 Å². The molecule has 1 atom stereocenters. The van der Waals surface area contributed by atoms with Crippen LogP contribution in [0.2, 0.25) is 0 Å². The zero-order valence-corrected chi connectivity index (χ0v) is 19.9. The largest absolute Gasteiger partial charge is 0.365 e. The molecule has 0 bridgehead atoms. The molecule has 1 N–H and O–H groups in total. The summed E-state index contributed by atoms with van der Waals surface area (Å²) in [5.41, 5.74) is 3.41. The molecule has 9 nitrogen and oxygen atoms in total. The molecule has 34 heavy (non-hydrogen) atoms. The van der Waals surface area contributed by atoms with Crippen molar-refractivity contribution in [2.75, 3.05) is 39.3 Å². The molecule has 182 valence electrons. The van der Waals surface area contributed by atoms with Crippen molar-refractivity contribution in [1.29, 1.82) is 0 Å². The average molecular weight is 467 g/mol. The van der Waals surface area contributed by atoms with Gasteiger partial charge in [-0.2, -0.15) is 0 Å². The number of carbonyl (C=O) groups is 2. The molecule has 4 heterocycles. The fourth-order valence-electron chi connectivity index (χ4n) is 5.14. The van der Waals surface area contributed by atoms with Crippen molar-refractivity contribution < 1.29 is 14.3 Å². The molecular formula is C25H34N6O3. The molecule has 0 saturated carbocycles. The zero-order chi connectivity index (χ0) is 23.5. The summed E-state index contributed by atoms with van der Waals surface area (Å²) < 4.78 is 7.86. The molecule has 3 aliphatic heterocycles. The van der Waals surface area contributed by atoms with Crippen LogP contribution in [-0.2, 0) is 22.7 Å². The number of nitrogens with one attached hydrogen (secondary N) is 1. The lowest BCUT2D eigenvalue weighted by molar-refractivity contribution is -0.126. The molecule has 1 aromatic carbocycles. The van der Waals surface area contributed by atoms with Crippen LogP contribution in [0.4, 0.5) is 0 Å². The number of rotatable bonds is 6. The van der Waals surface area contributed by atoms with Crippen molar-refractivity contribution in [2.45, 2.75) is 51.9 Å². The standard InChI is InChI=1S/C25H34N6O3/c1-18-4-6-19(7-5-18)22-16-31-21(17-34-22)23(27-28-31)25(33)30-13-8-20(9-14-30)24(32)26-10-15-29-11-2-3-12-29/h4-7,20,22H,2-3,8-17H2,1H3,(H,26,32)/t22-/m1/s1. The number of aromatic nitrogens is 3. The number of hydrogen-bond acceptors (Lipinski definition) is 6. The van der Waals surface area contributed by atoms with Crippen molar-refractivity contribution in [3.05, 3.63) is 46.8 Å². The monoisotopic (exact) mass is 466 g/mol. The van der Waals surface area contributed by atoms with Gasteiger partial charge in [0.05, 0.1) is 18.8 Å². The van der Waals surface area contributed by atoms with Gasteiger partial charge >= 0.3 is 0 Å². The number of aryl methyl sites for hydroxylation is 1. The van der Waals surface area contributed by atoms with Gasteiger partial charge in [-0.1, -0.05) is 35.0 Å². The molecule has 2 amide bonds. The van der Waals surface area contributed by atoms with Crippen molar-refractivity contribution in [3.63, 3.8) is 0 Å². The lowest BCUT2D eigenvalue weighted by atomic mass is 9.95. The molecule has 9 heteroatoms. The first kappa shape index (κ1) is 23.0. The third-order valence-corrected chi connectivity index (χ3v) is 7.33. The number of likely N-dealkylation sites (tertiary alicyclic amines) is 2. The van der Waals surface area contributed by atoms with Crippen LogP contribution >= 0.6 is 0 Å². The van der Waals surface area contributed by atoms with Gasteiger partial charge in [-0.3, -0.25) is 9.59 Å². The van der Waals surface area contributed by atoms with E-state index in [4.69, 9.17) is 4.74 Å². The number of nitrogens with zero attached hydrogens (tertiary/aromatic N) is 5. The van der Waals surface area contributed by atoms with Crippen LogP contribution in [-0.4, -0.2) is 75.9 Å². The summed E-state index contributed by atoms with van der Waals surface area (Å²) in [6.07, 6.45) is 3.77. The fourth-order valence-corrected chi connectivity index (χ4v) is 5.14. The Balaban J connectivity index is 1.12. The first-order valence-corrected chi connectivity index (χ1v) is 12.5. The van der Waals surface area contributed by atoms with Crippen LogP contribution in [0.25, 0.3) is 0 Å². The zero-order valence-electron chi connectivity index (χ0n) is 19.9. The van der Waals surface area contributed by atoms with Crippen LogP contribution in [0.3, 0.4) is 0 Å². The summed E-state index contributed by atoms with van der Waals surface area (Å²) >= 11 is 0. The van der Waals surface area contributed by atoms with E-state index in [2.05, 4.69) is 51.7 Å². The second-order valence-corrected chi connectivity index (χ2v) is 9.68. The summed E-state index contributed by atoms with van der Waals surface area (Å²) in [6, 6.07) is 8.28. The molecule has 3 aliphatic rings. The number of piperidine rings is 1. The van der Waals surface area contributed by atoms with Gasteiger partial charge in [0.1, 0.15) is 6.10 Å². The fraction of sp³-hybridized carbons (Fsp3) is 0.600. The molecule has 2 fully saturated rings. The average Bonchev–Trinajstić information content (AvgIpc) is 3.54. The molecule has 1 aromatic heterocycles. The first-order chi connectivity index (χ1) is 16.6. The van der Waals surface area contributed by atoms with Crippen LogP contribution in [0.5, 0.6) is 0 Å². The van der Waals surface area contributed by atoms with Crippen LogP contribution in [0, 0.1) is 12.8 Å². The van der Waals surface area contributed by atoms with Gasteiger partial charge < -0.3 is 19.9 Å². The van der Waals surface area contributed by atoms with E-state index >= 15 is 0 Å². The lowest BCUT2D eigenvalue weighted by Gasteiger charge is -2.31. The Morgan fingerprint density at radius 1 is 1.09 bits per heavy atom. The quantitative estimate of drug-likeness (QED) is 0.699. The van der Waals surface area contributed by atoms with E-state index in [9.17, 15) is 9.59 Å². The molecule has 0 unspecified atom stereocenters. The highest BCUT2D eigenvalue weighted by atomic mass is 16.5. The van der Waals surface area contributed by atoms with Crippen LogP contribution < -0.4 is 5.32 Å². The molecular weight excluding hydrogens is 432 g/mol. The maximum absolute atomic E-state index is 13.2. The lowest BCUT2D eigenvalue weighted by Crippen LogP contribution is -2.44. The normalized spacial score (nSPS) is 21.4. The van der Waals surface area contributed by atoms with Crippen LogP contribution in [0.1, 0.15) is 59.1 Å². The Morgan fingerprint density at radius 3 is 2.56 bits per heavy atom. The molecule has 5 rings (SSSR count). The summed E-state index contributed by atoms with van der Waals surface area (Å²) in [6.45, 7) is 7.93. The SMILES string of the molecule is Cc1ccc([C@H]2Cn3nnc(C(=O)N4CCC(C(=O)NCCN5CCCC5)CC4)c3CO2)cc1. The number of fused-ring (bicyclic) bond motifs is 1. The Morgan fingerprint density at radius 2 is 1.82 bits per heavy atom. The maximum Gasteiger partial charge on any atom is 0.276 e. The van der Waals surface area contributed by atoms with Gasteiger partial charge in [-0.15, -0.1) is 5.10 Å². The predicted molar refractivity (Wildman–Crippen MR) is 126 cm³/mol. The van der Waals surface area contributed by atoms with E-state index in [0.717, 1.165) is 30.9 Å². The third-order valence-electron chi connectivity index (χ3n) is 7.33. The summed E-state index contributed by atoms with van der Waals surface area (Å²) in [7, 11) is 0. The number of benzene rings is 1. The Bertz CT molecular complexity index is 1010. The molecule has 2 aromatic rings. The van der Waals surface area contributed by atoms with E-state index in [-0.39, 0.29) is 23.8 Å². The summed E-state index contributed by atoms with van der Waals surface area (Å²) in [5, 5.41) is 11.5. The number of carbonyl (C=O) groups excluding carboxylic acids is 2.